The number of benzene rings is 1. The predicted molar refractivity (Wildman–Crippen MR) is 59.2 cm³/mol. The van der Waals surface area contributed by atoms with Crippen LogP contribution in [0.15, 0.2) is 30.6 Å². The minimum atomic E-state index is -0.508. The average Bonchev–Trinajstić information content (AvgIpc) is 2.30. The van der Waals surface area contributed by atoms with Crippen molar-refractivity contribution in [2.75, 3.05) is 6.54 Å². The van der Waals surface area contributed by atoms with Gasteiger partial charge in [-0.05, 0) is 19.1 Å². The molecule has 1 heterocycles. The van der Waals surface area contributed by atoms with Crippen LogP contribution in [0.25, 0.3) is 10.9 Å². The Bertz CT molecular complexity index is 508. The summed E-state index contributed by atoms with van der Waals surface area (Å²) in [5.41, 5.74) is 0.747. The van der Waals surface area contributed by atoms with E-state index in [-0.39, 0.29) is 5.88 Å². The molecular formula is C11H11N3O2. The SMILES string of the molecule is CCNC(=O)Oc1ncnc2ccccc12. The Balaban J connectivity index is 2.33. The van der Waals surface area contributed by atoms with Crippen molar-refractivity contribution in [3.63, 3.8) is 0 Å². The molecule has 2 rings (SSSR count). The highest BCUT2D eigenvalue weighted by atomic mass is 16.6. The Hall–Kier alpha value is -2.17. The summed E-state index contributed by atoms with van der Waals surface area (Å²) in [6.07, 6.45) is 0.864. The van der Waals surface area contributed by atoms with Gasteiger partial charge in [0.15, 0.2) is 0 Å². The molecule has 0 bridgehead atoms. The monoisotopic (exact) mass is 217 g/mol. The summed E-state index contributed by atoms with van der Waals surface area (Å²) in [5, 5.41) is 3.26. The zero-order chi connectivity index (χ0) is 11.4. The van der Waals surface area contributed by atoms with Crippen molar-refractivity contribution in [3.05, 3.63) is 30.6 Å². The Morgan fingerprint density at radius 2 is 2.19 bits per heavy atom. The molecule has 0 atom stereocenters. The fourth-order valence-electron chi connectivity index (χ4n) is 1.33. The molecule has 0 aliphatic rings. The number of fused-ring (bicyclic) bond motifs is 1. The molecule has 0 aliphatic heterocycles. The number of ether oxygens (including phenoxy) is 1. The van der Waals surface area contributed by atoms with Gasteiger partial charge in [-0.25, -0.2) is 14.8 Å². The van der Waals surface area contributed by atoms with Gasteiger partial charge in [0.05, 0.1) is 10.9 Å². The van der Waals surface area contributed by atoms with E-state index in [1.54, 1.807) is 0 Å². The predicted octanol–water partition coefficient (Wildman–Crippen LogP) is 1.74. The Kier molecular flexibility index (Phi) is 2.95. The standard InChI is InChI=1S/C11H11N3O2/c1-2-12-11(15)16-10-8-5-3-4-6-9(8)13-7-14-10/h3-7H,2H2,1H3,(H,12,15). The molecule has 1 aromatic carbocycles. The minimum absolute atomic E-state index is 0.275. The molecular weight excluding hydrogens is 206 g/mol. The first-order chi connectivity index (χ1) is 7.81. The normalized spacial score (nSPS) is 10.1. The number of amides is 1. The van der Waals surface area contributed by atoms with Crippen LogP contribution in [0, 0.1) is 0 Å². The maximum absolute atomic E-state index is 11.3. The third kappa shape index (κ3) is 2.08. The van der Waals surface area contributed by atoms with Crippen LogP contribution in [0.3, 0.4) is 0 Å². The molecule has 1 aromatic heterocycles. The van der Waals surface area contributed by atoms with E-state index in [4.69, 9.17) is 4.74 Å². The number of hydrogen-bond donors (Lipinski definition) is 1. The number of nitrogens with zero attached hydrogens (tertiary/aromatic N) is 2. The average molecular weight is 217 g/mol. The topological polar surface area (TPSA) is 64.1 Å². The van der Waals surface area contributed by atoms with E-state index in [0.717, 1.165) is 10.9 Å². The molecule has 0 unspecified atom stereocenters. The smallest absolute Gasteiger partial charge is 0.390 e. The molecule has 5 heteroatoms. The summed E-state index contributed by atoms with van der Waals surface area (Å²) in [6, 6.07) is 7.35. The molecule has 82 valence electrons. The highest BCUT2D eigenvalue weighted by Crippen LogP contribution is 2.20. The minimum Gasteiger partial charge on any atom is -0.390 e. The largest absolute Gasteiger partial charge is 0.413 e. The van der Waals surface area contributed by atoms with Crippen molar-refractivity contribution in [1.29, 1.82) is 0 Å². The third-order valence-electron chi connectivity index (χ3n) is 2.02. The van der Waals surface area contributed by atoms with Crippen LogP contribution in [0.4, 0.5) is 4.79 Å². The van der Waals surface area contributed by atoms with Crippen LogP contribution >= 0.6 is 0 Å². The number of rotatable bonds is 2. The van der Waals surface area contributed by atoms with Crippen molar-refractivity contribution >= 4 is 17.0 Å². The molecule has 0 fully saturated rings. The lowest BCUT2D eigenvalue weighted by atomic mass is 10.2. The molecule has 0 saturated heterocycles. The molecule has 2 aromatic rings. The van der Waals surface area contributed by atoms with E-state index in [1.807, 2.05) is 31.2 Å². The second kappa shape index (κ2) is 4.57. The highest BCUT2D eigenvalue weighted by molar-refractivity contribution is 5.85. The van der Waals surface area contributed by atoms with Crippen molar-refractivity contribution < 1.29 is 9.53 Å². The van der Waals surface area contributed by atoms with Crippen LogP contribution in [-0.2, 0) is 0 Å². The second-order valence-corrected chi connectivity index (χ2v) is 3.12. The molecule has 0 saturated carbocycles. The quantitative estimate of drug-likeness (QED) is 0.832. The van der Waals surface area contributed by atoms with Crippen LogP contribution in [0.1, 0.15) is 6.92 Å². The molecule has 5 nitrogen and oxygen atoms in total. The van der Waals surface area contributed by atoms with E-state index in [1.165, 1.54) is 6.33 Å². The van der Waals surface area contributed by atoms with Crippen LogP contribution < -0.4 is 10.1 Å². The summed E-state index contributed by atoms with van der Waals surface area (Å²) in [5.74, 6) is 0.275. The van der Waals surface area contributed by atoms with E-state index in [2.05, 4.69) is 15.3 Å². The molecule has 0 spiro atoms. The maximum atomic E-state index is 11.3. The summed E-state index contributed by atoms with van der Waals surface area (Å²) < 4.78 is 5.07. The van der Waals surface area contributed by atoms with Gasteiger partial charge in [-0.15, -0.1) is 0 Å². The zero-order valence-corrected chi connectivity index (χ0v) is 8.80. The van der Waals surface area contributed by atoms with Crippen molar-refractivity contribution in [1.82, 2.24) is 15.3 Å². The number of carbonyl (C=O) groups excluding carboxylic acids is 1. The van der Waals surface area contributed by atoms with Gasteiger partial charge in [-0.1, -0.05) is 12.1 Å². The lowest BCUT2D eigenvalue weighted by Crippen LogP contribution is -2.26. The fourth-order valence-corrected chi connectivity index (χ4v) is 1.33. The Labute approximate surface area is 92.5 Å². The van der Waals surface area contributed by atoms with Crippen LogP contribution in [-0.4, -0.2) is 22.6 Å². The summed E-state index contributed by atoms with van der Waals surface area (Å²) in [6.45, 7) is 2.33. The van der Waals surface area contributed by atoms with Crippen molar-refractivity contribution in [3.8, 4) is 5.88 Å². The Morgan fingerprint density at radius 3 is 3.00 bits per heavy atom. The number of hydrogen-bond acceptors (Lipinski definition) is 4. The summed E-state index contributed by atoms with van der Waals surface area (Å²) >= 11 is 0. The summed E-state index contributed by atoms with van der Waals surface area (Å²) in [4.78, 5) is 19.3. The van der Waals surface area contributed by atoms with Crippen molar-refractivity contribution in [2.45, 2.75) is 6.92 Å². The van der Waals surface area contributed by atoms with Gasteiger partial charge < -0.3 is 10.1 Å². The lowest BCUT2D eigenvalue weighted by molar-refractivity contribution is 0.200. The Morgan fingerprint density at radius 1 is 1.38 bits per heavy atom. The molecule has 1 amide bonds. The van der Waals surface area contributed by atoms with E-state index >= 15 is 0 Å². The molecule has 0 radical (unpaired) electrons. The van der Waals surface area contributed by atoms with Gasteiger partial charge in [0.2, 0.25) is 5.88 Å². The van der Waals surface area contributed by atoms with Gasteiger partial charge in [0, 0.05) is 6.54 Å². The zero-order valence-electron chi connectivity index (χ0n) is 8.80. The number of aromatic nitrogens is 2. The number of para-hydroxylation sites is 1. The fraction of sp³-hybridized carbons (Fsp3) is 0.182. The first-order valence-corrected chi connectivity index (χ1v) is 4.96. The third-order valence-corrected chi connectivity index (χ3v) is 2.02. The van der Waals surface area contributed by atoms with Crippen LogP contribution in [0.5, 0.6) is 5.88 Å². The van der Waals surface area contributed by atoms with Gasteiger partial charge in [-0.2, -0.15) is 0 Å². The number of nitrogens with one attached hydrogen (secondary N) is 1. The maximum Gasteiger partial charge on any atom is 0.413 e. The van der Waals surface area contributed by atoms with Gasteiger partial charge in [-0.3, -0.25) is 0 Å². The number of carbonyl (C=O) groups is 1. The van der Waals surface area contributed by atoms with Gasteiger partial charge >= 0.3 is 6.09 Å². The van der Waals surface area contributed by atoms with Gasteiger partial charge in [0.25, 0.3) is 0 Å². The lowest BCUT2D eigenvalue weighted by Gasteiger charge is -2.05. The van der Waals surface area contributed by atoms with E-state index < -0.39 is 6.09 Å². The highest BCUT2D eigenvalue weighted by Gasteiger charge is 2.08. The first-order valence-electron chi connectivity index (χ1n) is 4.96. The van der Waals surface area contributed by atoms with E-state index in [0.29, 0.717) is 6.54 Å². The molecule has 1 N–H and O–H groups in total. The van der Waals surface area contributed by atoms with Crippen molar-refractivity contribution in [2.24, 2.45) is 0 Å². The summed E-state index contributed by atoms with van der Waals surface area (Å²) in [7, 11) is 0. The van der Waals surface area contributed by atoms with Crippen LogP contribution in [0.2, 0.25) is 0 Å². The first kappa shape index (κ1) is 10.4. The van der Waals surface area contributed by atoms with Gasteiger partial charge in [0.1, 0.15) is 6.33 Å². The second-order valence-electron chi connectivity index (χ2n) is 3.12. The molecule has 16 heavy (non-hydrogen) atoms. The van der Waals surface area contributed by atoms with E-state index in [9.17, 15) is 4.79 Å². The molecule has 0 aliphatic carbocycles.